The van der Waals surface area contributed by atoms with Crippen LogP contribution in [0.4, 0.5) is 0 Å². The molecule has 0 bridgehead atoms. The minimum atomic E-state index is -0.780. The molecule has 14 heavy (non-hydrogen) atoms. The smallest absolute Gasteiger partial charge is 0.323 e. The van der Waals surface area contributed by atoms with Gasteiger partial charge in [-0.3, -0.25) is 9.69 Å². The van der Waals surface area contributed by atoms with Crippen LogP contribution in [-0.4, -0.2) is 47.8 Å². The van der Waals surface area contributed by atoms with E-state index in [0.717, 1.165) is 6.54 Å². The zero-order chi connectivity index (χ0) is 10.7. The Morgan fingerprint density at radius 2 is 2.14 bits per heavy atom. The minimum Gasteiger partial charge on any atom is -0.480 e. The van der Waals surface area contributed by atoms with Crippen molar-refractivity contribution in [3.8, 4) is 0 Å². The lowest BCUT2D eigenvalue weighted by Gasteiger charge is -2.39. The number of aliphatic carboxylic acids is 1. The third-order valence-electron chi connectivity index (χ3n) is 2.94. The molecule has 4 nitrogen and oxygen atoms in total. The molecule has 0 aromatic heterocycles. The molecular weight excluding hydrogens is 182 g/mol. The number of morpholine rings is 1. The van der Waals surface area contributed by atoms with Crippen molar-refractivity contribution in [1.29, 1.82) is 0 Å². The van der Waals surface area contributed by atoms with Gasteiger partial charge < -0.3 is 9.84 Å². The number of hydrogen-bond acceptors (Lipinski definition) is 3. The van der Waals surface area contributed by atoms with Gasteiger partial charge in [0.2, 0.25) is 0 Å². The summed E-state index contributed by atoms with van der Waals surface area (Å²) in [5.41, 5.74) is 0. The Balaban J connectivity index is 2.67. The Labute approximate surface area is 84.8 Å². The number of carbonyl (C=O) groups is 1. The highest BCUT2D eigenvalue weighted by molar-refractivity contribution is 5.73. The van der Waals surface area contributed by atoms with E-state index in [9.17, 15) is 4.79 Å². The summed E-state index contributed by atoms with van der Waals surface area (Å²) in [5, 5.41) is 9.02. The van der Waals surface area contributed by atoms with Crippen LogP contribution in [0, 0.1) is 5.92 Å². The van der Waals surface area contributed by atoms with Crippen molar-refractivity contribution in [3.63, 3.8) is 0 Å². The van der Waals surface area contributed by atoms with Crippen LogP contribution in [0.15, 0.2) is 0 Å². The van der Waals surface area contributed by atoms with Crippen LogP contribution in [0.5, 0.6) is 0 Å². The van der Waals surface area contributed by atoms with Crippen molar-refractivity contribution in [1.82, 2.24) is 4.90 Å². The van der Waals surface area contributed by atoms with Crippen LogP contribution in [0.3, 0.4) is 0 Å². The van der Waals surface area contributed by atoms with Gasteiger partial charge in [0, 0.05) is 12.6 Å². The molecule has 4 heteroatoms. The summed E-state index contributed by atoms with van der Waals surface area (Å²) in [6, 6.07) is -0.179. The lowest BCUT2D eigenvalue weighted by molar-refractivity contribution is -0.152. The van der Waals surface area contributed by atoms with Crippen LogP contribution in [0.1, 0.15) is 20.8 Å². The Morgan fingerprint density at radius 1 is 1.50 bits per heavy atom. The Hall–Kier alpha value is -0.610. The molecule has 1 heterocycles. The molecule has 1 aliphatic heterocycles. The molecule has 0 aromatic rings. The second kappa shape index (κ2) is 4.75. The van der Waals surface area contributed by atoms with E-state index in [4.69, 9.17) is 9.84 Å². The van der Waals surface area contributed by atoms with Gasteiger partial charge in [-0.2, -0.15) is 0 Å². The molecule has 2 unspecified atom stereocenters. The van der Waals surface area contributed by atoms with E-state index in [1.165, 1.54) is 0 Å². The molecule has 1 rings (SSSR count). The number of carboxylic acids is 1. The highest BCUT2D eigenvalue weighted by Crippen LogP contribution is 2.16. The van der Waals surface area contributed by atoms with Crippen molar-refractivity contribution < 1.29 is 14.6 Å². The zero-order valence-corrected chi connectivity index (χ0v) is 9.06. The van der Waals surface area contributed by atoms with E-state index >= 15 is 0 Å². The van der Waals surface area contributed by atoms with Gasteiger partial charge in [0.15, 0.2) is 0 Å². The van der Waals surface area contributed by atoms with Gasteiger partial charge in [0.25, 0.3) is 0 Å². The zero-order valence-electron chi connectivity index (χ0n) is 9.06. The van der Waals surface area contributed by atoms with E-state index in [-0.39, 0.29) is 0 Å². The van der Waals surface area contributed by atoms with E-state index in [2.05, 4.69) is 20.8 Å². The first-order valence-electron chi connectivity index (χ1n) is 5.10. The fourth-order valence-corrected chi connectivity index (χ4v) is 1.70. The van der Waals surface area contributed by atoms with Gasteiger partial charge in [0.05, 0.1) is 13.2 Å². The maximum atomic E-state index is 11.0. The molecule has 1 N–H and O–H groups in total. The average Bonchev–Trinajstić information content (AvgIpc) is 2.16. The van der Waals surface area contributed by atoms with E-state index in [1.54, 1.807) is 0 Å². The molecule has 0 amide bonds. The summed E-state index contributed by atoms with van der Waals surface area (Å²) in [6.45, 7) is 7.97. The van der Waals surface area contributed by atoms with E-state index in [0.29, 0.717) is 25.2 Å². The quantitative estimate of drug-likeness (QED) is 0.734. The molecule has 0 radical (unpaired) electrons. The molecule has 1 fully saturated rings. The van der Waals surface area contributed by atoms with Gasteiger partial charge in [0.1, 0.15) is 6.04 Å². The second-order valence-electron chi connectivity index (χ2n) is 4.15. The molecular formula is C10H19NO3. The number of nitrogens with zero attached hydrogens (tertiary/aromatic N) is 1. The van der Waals surface area contributed by atoms with E-state index in [1.807, 2.05) is 4.90 Å². The van der Waals surface area contributed by atoms with Gasteiger partial charge in [-0.05, 0) is 12.8 Å². The number of hydrogen-bond donors (Lipinski definition) is 1. The SMILES string of the molecule is CC(C)C(C)N1CCOCC1C(=O)O. The van der Waals surface area contributed by atoms with Crippen molar-refractivity contribution in [2.75, 3.05) is 19.8 Å². The van der Waals surface area contributed by atoms with Gasteiger partial charge in [-0.25, -0.2) is 0 Å². The van der Waals surface area contributed by atoms with Crippen molar-refractivity contribution in [2.45, 2.75) is 32.9 Å². The molecule has 0 aliphatic carbocycles. The van der Waals surface area contributed by atoms with Crippen LogP contribution < -0.4 is 0 Å². The summed E-state index contributed by atoms with van der Waals surface area (Å²) < 4.78 is 5.18. The van der Waals surface area contributed by atoms with Gasteiger partial charge >= 0.3 is 5.97 Å². The number of ether oxygens (including phenoxy) is 1. The van der Waals surface area contributed by atoms with Crippen molar-refractivity contribution >= 4 is 5.97 Å². The topological polar surface area (TPSA) is 49.8 Å². The van der Waals surface area contributed by atoms with E-state index < -0.39 is 12.0 Å². The molecule has 2 atom stereocenters. The number of carboxylic acid groups (broad SMARTS) is 1. The monoisotopic (exact) mass is 201 g/mol. The van der Waals surface area contributed by atoms with Crippen molar-refractivity contribution in [3.05, 3.63) is 0 Å². The molecule has 0 spiro atoms. The highest BCUT2D eigenvalue weighted by atomic mass is 16.5. The maximum Gasteiger partial charge on any atom is 0.323 e. The first-order chi connectivity index (χ1) is 6.54. The van der Waals surface area contributed by atoms with Crippen LogP contribution >= 0.6 is 0 Å². The third kappa shape index (κ3) is 2.45. The lowest BCUT2D eigenvalue weighted by Crippen LogP contribution is -2.54. The Bertz CT molecular complexity index is 206. The van der Waals surface area contributed by atoms with Gasteiger partial charge in [-0.1, -0.05) is 13.8 Å². The van der Waals surface area contributed by atoms with Gasteiger partial charge in [-0.15, -0.1) is 0 Å². The lowest BCUT2D eigenvalue weighted by atomic mass is 10.0. The minimum absolute atomic E-state index is 0.292. The maximum absolute atomic E-state index is 11.0. The Morgan fingerprint density at radius 3 is 2.64 bits per heavy atom. The first-order valence-corrected chi connectivity index (χ1v) is 5.10. The largest absolute Gasteiger partial charge is 0.480 e. The summed E-state index contributed by atoms with van der Waals surface area (Å²) >= 11 is 0. The summed E-state index contributed by atoms with van der Waals surface area (Å²) in [5.74, 6) is -0.313. The van der Waals surface area contributed by atoms with Crippen LogP contribution in [0.2, 0.25) is 0 Å². The summed E-state index contributed by atoms with van der Waals surface area (Å²) in [6.07, 6.45) is 0. The fraction of sp³-hybridized carbons (Fsp3) is 0.900. The van der Waals surface area contributed by atoms with Crippen molar-refractivity contribution in [2.24, 2.45) is 5.92 Å². The fourth-order valence-electron chi connectivity index (χ4n) is 1.70. The standard InChI is InChI=1S/C10H19NO3/c1-7(2)8(3)11-4-5-14-6-9(11)10(12)13/h7-9H,4-6H2,1-3H3,(H,12,13). The Kier molecular flexibility index (Phi) is 3.89. The first kappa shape index (κ1) is 11.5. The van der Waals surface area contributed by atoms with Crippen LogP contribution in [0.25, 0.3) is 0 Å². The molecule has 1 aliphatic rings. The molecule has 0 aromatic carbocycles. The third-order valence-corrected chi connectivity index (χ3v) is 2.94. The summed E-state index contributed by atoms with van der Waals surface area (Å²) in [4.78, 5) is 13.0. The molecule has 0 saturated carbocycles. The highest BCUT2D eigenvalue weighted by Gasteiger charge is 2.33. The molecule has 1 saturated heterocycles. The number of rotatable bonds is 3. The predicted octanol–water partition coefficient (Wildman–Crippen LogP) is 0.816. The summed E-state index contributed by atoms with van der Waals surface area (Å²) in [7, 11) is 0. The normalized spacial score (nSPS) is 26.4. The molecule has 82 valence electrons. The average molecular weight is 201 g/mol. The van der Waals surface area contributed by atoms with Crippen LogP contribution in [-0.2, 0) is 9.53 Å². The second-order valence-corrected chi connectivity index (χ2v) is 4.15. The predicted molar refractivity (Wildman–Crippen MR) is 53.2 cm³/mol.